The number of aromatic nitrogens is 4. The fourth-order valence-corrected chi connectivity index (χ4v) is 3.93. The molecule has 0 radical (unpaired) electrons. The van der Waals surface area contributed by atoms with E-state index in [-0.39, 0.29) is 11.8 Å². The zero-order chi connectivity index (χ0) is 18.2. The minimum absolute atomic E-state index is 0.0703. The first-order chi connectivity index (χ1) is 13.3. The largest absolute Gasteiger partial charge is 0.338 e. The lowest BCUT2D eigenvalue weighted by molar-refractivity contribution is 0.0708. The first-order valence-corrected chi connectivity index (χ1v) is 9.22. The van der Waals surface area contributed by atoms with Gasteiger partial charge in [-0.1, -0.05) is 12.1 Å². The molecule has 0 saturated carbocycles. The molecule has 1 aromatic carbocycles. The second-order valence-electron chi connectivity index (χ2n) is 7.01. The summed E-state index contributed by atoms with van der Waals surface area (Å²) in [4.78, 5) is 24.3. The lowest BCUT2D eigenvalue weighted by atomic mass is 9.93. The van der Waals surface area contributed by atoms with Gasteiger partial charge in [-0.05, 0) is 43.2 Å². The van der Waals surface area contributed by atoms with Crippen LogP contribution >= 0.6 is 0 Å². The van der Waals surface area contributed by atoms with E-state index in [0.29, 0.717) is 6.54 Å². The average molecular weight is 357 g/mol. The van der Waals surface area contributed by atoms with Crippen LogP contribution in [0, 0.1) is 0 Å². The minimum Gasteiger partial charge on any atom is -0.338 e. The van der Waals surface area contributed by atoms with Gasteiger partial charge in [-0.3, -0.25) is 14.9 Å². The highest BCUT2D eigenvalue weighted by Gasteiger charge is 2.27. The van der Waals surface area contributed by atoms with Crippen LogP contribution < -0.4 is 0 Å². The van der Waals surface area contributed by atoms with Crippen LogP contribution in [0.4, 0.5) is 0 Å². The van der Waals surface area contributed by atoms with Gasteiger partial charge in [0.2, 0.25) is 0 Å². The number of rotatable bonds is 2. The SMILES string of the molecule is O=C(c1cccc2ncccc12)N1CCCC(c2ccc3cn[nH]c3n2)C1. The molecule has 4 heterocycles. The van der Waals surface area contributed by atoms with E-state index in [9.17, 15) is 4.79 Å². The van der Waals surface area contributed by atoms with Gasteiger partial charge >= 0.3 is 0 Å². The first-order valence-electron chi connectivity index (χ1n) is 9.22. The van der Waals surface area contributed by atoms with Crippen LogP contribution in [0.3, 0.4) is 0 Å². The molecule has 1 saturated heterocycles. The molecule has 1 aliphatic rings. The molecule has 1 aliphatic heterocycles. The van der Waals surface area contributed by atoms with Gasteiger partial charge in [0.1, 0.15) is 0 Å². The number of piperidine rings is 1. The number of benzene rings is 1. The summed E-state index contributed by atoms with van der Waals surface area (Å²) >= 11 is 0. The molecular formula is C21H19N5O. The monoisotopic (exact) mass is 357 g/mol. The van der Waals surface area contributed by atoms with Gasteiger partial charge in [0, 0.05) is 47.2 Å². The third-order valence-electron chi connectivity index (χ3n) is 5.33. The summed E-state index contributed by atoms with van der Waals surface area (Å²) in [7, 11) is 0. The van der Waals surface area contributed by atoms with E-state index >= 15 is 0 Å². The minimum atomic E-state index is 0.0703. The maximum atomic E-state index is 13.2. The molecule has 0 spiro atoms. The average Bonchev–Trinajstić information content (AvgIpc) is 3.21. The van der Waals surface area contributed by atoms with Gasteiger partial charge in [-0.15, -0.1) is 0 Å². The highest BCUT2D eigenvalue weighted by Crippen LogP contribution is 2.28. The standard InChI is InChI=1S/C21H19N5O/c27-21(17-5-1-7-19-16(17)6-2-10-22-19)26-11-3-4-15(13-26)18-9-8-14-12-23-25-20(14)24-18/h1-2,5-10,12,15H,3-4,11,13H2,(H,23,24,25). The Labute approximate surface area is 156 Å². The third kappa shape index (κ3) is 2.83. The second-order valence-corrected chi connectivity index (χ2v) is 7.01. The summed E-state index contributed by atoms with van der Waals surface area (Å²) < 4.78 is 0. The molecule has 4 aromatic rings. The molecule has 1 fully saturated rings. The van der Waals surface area contributed by atoms with Crippen LogP contribution in [0.25, 0.3) is 21.9 Å². The Kier molecular flexibility index (Phi) is 3.81. The van der Waals surface area contributed by atoms with E-state index in [1.807, 2.05) is 41.3 Å². The first kappa shape index (κ1) is 15.9. The van der Waals surface area contributed by atoms with E-state index in [1.165, 1.54) is 0 Å². The molecule has 6 nitrogen and oxygen atoms in total. The van der Waals surface area contributed by atoms with Crippen molar-refractivity contribution in [1.29, 1.82) is 0 Å². The maximum Gasteiger partial charge on any atom is 0.254 e. The van der Waals surface area contributed by atoms with Crippen molar-refractivity contribution in [3.63, 3.8) is 0 Å². The van der Waals surface area contributed by atoms with Crippen LogP contribution in [-0.4, -0.2) is 44.1 Å². The van der Waals surface area contributed by atoms with Crippen molar-refractivity contribution in [2.45, 2.75) is 18.8 Å². The highest BCUT2D eigenvalue weighted by molar-refractivity contribution is 6.06. The van der Waals surface area contributed by atoms with Crippen LogP contribution in [0.5, 0.6) is 0 Å². The van der Waals surface area contributed by atoms with Crippen molar-refractivity contribution in [2.75, 3.05) is 13.1 Å². The van der Waals surface area contributed by atoms with E-state index in [1.54, 1.807) is 12.4 Å². The predicted molar refractivity (Wildman–Crippen MR) is 104 cm³/mol. The van der Waals surface area contributed by atoms with Crippen molar-refractivity contribution >= 4 is 27.8 Å². The molecule has 3 aromatic heterocycles. The molecule has 1 atom stereocenters. The summed E-state index contributed by atoms with van der Waals surface area (Å²) in [5.41, 5.74) is 3.39. The van der Waals surface area contributed by atoms with E-state index in [2.05, 4.69) is 21.2 Å². The molecule has 0 bridgehead atoms. The molecule has 6 heteroatoms. The molecule has 1 unspecified atom stereocenters. The van der Waals surface area contributed by atoms with Gasteiger partial charge in [-0.25, -0.2) is 4.98 Å². The fraction of sp³-hybridized carbons (Fsp3) is 0.238. The maximum absolute atomic E-state index is 13.2. The molecule has 1 amide bonds. The number of pyridine rings is 2. The third-order valence-corrected chi connectivity index (χ3v) is 5.33. The van der Waals surface area contributed by atoms with Gasteiger partial charge in [0.25, 0.3) is 5.91 Å². The Bertz CT molecular complexity index is 1130. The normalized spacial score (nSPS) is 17.5. The summed E-state index contributed by atoms with van der Waals surface area (Å²) in [6.07, 6.45) is 5.54. The van der Waals surface area contributed by atoms with Crippen molar-refractivity contribution in [1.82, 2.24) is 25.1 Å². The van der Waals surface area contributed by atoms with Crippen molar-refractivity contribution in [3.8, 4) is 0 Å². The Morgan fingerprint density at radius 2 is 2.11 bits per heavy atom. The number of nitrogens with one attached hydrogen (secondary N) is 1. The Balaban J connectivity index is 1.44. The molecule has 1 N–H and O–H groups in total. The van der Waals surface area contributed by atoms with Crippen molar-refractivity contribution < 1.29 is 4.79 Å². The molecule has 5 rings (SSSR count). The number of nitrogens with zero attached hydrogens (tertiary/aromatic N) is 4. The Hall–Kier alpha value is -3.28. The van der Waals surface area contributed by atoms with Gasteiger partial charge < -0.3 is 4.90 Å². The number of likely N-dealkylation sites (tertiary alicyclic amines) is 1. The van der Waals surface area contributed by atoms with Gasteiger partial charge in [0.15, 0.2) is 5.65 Å². The molecule has 134 valence electrons. The van der Waals surface area contributed by atoms with E-state index in [4.69, 9.17) is 4.98 Å². The number of H-pyrrole nitrogens is 1. The van der Waals surface area contributed by atoms with Crippen molar-refractivity contribution in [2.24, 2.45) is 0 Å². The zero-order valence-electron chi connectivity index (χ0n) is 14.8. The molecular weight excluding hydrogens is 338 g/mol. The van der Waals surface area contributed by atoms with E-state index < -0.39 is 0 Å². The van der Waals surface area contributed by atoms with Gasteiger partial charge in [0.05, 0.1) is 11.7 Å². The number of carbonyl (C=O) groups is 1. The highest BCUT2D eigenvalue weighted by atomic mass is 16.2. The molecule has 0 aliphatic carbocycles. The van der Waals surface area contributed by atoms with E-state index in [0.717, 1.165) is 52.6 Å². The predicted octanol–water partition coefficient (Wildman–Crippen LogP) is 3.53. The Morgan fingerprint density at radius 1 is 1.15 bits per heavy atom. The number of hydrogen-bond donors (Lipinski definition) is 1. The number of hydrogen-bond acceptors (Lipinski definition) is 4. The summed E-state index contributed by atoms with van der Waals surface area (Å²) in [5, 5.41) is 8.88. The zero-order valence-corrected chi connectivity index (χ0v) is 14.8. The number of fused-ring (bicyclic) bond motifs is 2. The summed E-state index contributed by atoms with van der Waals surface area (Å²) in [6, 6.07) is 13.7. The van der Waals surface area contributed by atoms with Crippen LogP contribution in [-0.2, 0) is 0 Å². The van der Waals surface area contributed by atoms with Crippen LogP contribution in [0.2, 0.25) is 0 Å². The van der Waals surface area contributed by atoms with Crippen LogP contribution in [0.15, 0.2) is 54.9 Å². The fourth-order valence-electron chi connectivity index (χ4n) is 3.93. The van der Waals surface area contributed by atoms with Crippen molar-refractivity contribution in [3.05, 3.63) is 66.1 Å². The Morgan fingerprint density at radius 3 is 3.07 bits per heavy atom. The summed E-state index contributed by atoms with van der Waals surface area (Å²) in [6.45, 7) is 1.46. The van der Waals surface area contributed by atoms with Gasteiger partial charge in [-0.2, -0.15) is 5.10 Å². The molecule has 27 heavy (non-hydrogen) atoms. The summed E-state index contributed by atoms with van der Waals surface area (Å²) in [5.74, 6) is 0.310. The second kappa shape index (κ2) is 6.46. The van der Waals surface area contributed by atoms with Crippen LogP contribution in [0.1, 0.15) is 34.8 Å². The smallest absolute Gasteiger partial charge is 0.254 e. The lowest BCUT2D eigenvalue weighted by Crippen LogP contribution is -2.39. The lowest BCUT2D eigenvalue weighted by Gasteiger charge is -2.32. The number of amides is 1. The number of carbonyl (C=O) groups excluding carboxylic acids is 1. The topological polar surface area (TPSA) is 74.8 Å². The quantitative estimate of drug-likeness (QED) is 0.595. The number of aromatic amines is 1.